The highest BCUT2D eigenvalue weighted by Crippen LogP contribution is 2.21. The first-order valence-corrected chi connectivity index (χ1v) is 6.75. The van der Waals surface area contributed by atoms with Gasteiger partial charge in [-0.15, -0.1) is 0 Å². The van der Waals surface area contributed by atoms with E-state index in [1.165, 1.54) is 0 Å². The summed E-state index contributed by atoms with van der Waals surface area (Å²) in [7, 11) is 0. The van der Waals surface area contributed by atoms with Crippen molar-refractivity contribution in [1.29, 1.82) is 0 Å². The molecule has 0 bridgehead atoms. The zero-order valence-corrected chi connectivity index (χ0v) is 12.2. The Morgan fingerprint density at radius 2 is 2.14 bits per heavy atom. The number of aromatic nitrogens is 1. The average molecular weight is 289 g/mol. The number of amides is 1. The van der Waals surface area contributed by atoms with Crippen LogP contribution in [0.5, 0.6) is 5.75 Å². The normalized spacial score (nSPS) is 10.4. The van der Waals surface area contributed by atoms with Crippen molar-refractivity contribution in [1.82, 2.24) is 10.5 Å². The first-order chi connectivity index (χ1) is 10.1. The minimum Gasteiger partial charge on any atom is -0.488 e. The number of nitrogens with two attached hydrogens (primary N) is 1. The van der Waals surface area contributed by atoms with Gasteiger partial charge in [-0.1, -0.05) is 17.3 Å². The molecule has 112 valence electrons. The van der Waals surface area contributed by atoms with E-state index in [4.69, 9.17) is 15.0 Å². The van der Waals surface area contributed by atoms with E-state index in [1.54, 1.807) is 18.2 Å². The molecular formula is C15H19N3O3. The van der Waals surface area contributed by atoms with E-state index in [0.717, 1.165) is 17.0 Å². The van der Waals surface area contributed by atoms with E-state index in [-0.39, 0.29) is 5.91 Å². The lowest BCUT2D eigenvalue weighted by Crippen LogP contribution is -2.29. The SMILES string of the molecule is Cc1noc(C)c1COc1ccccc1C(=O)NCCN. The molecule has 1 amide bonds. The zero-order chi connectivity index (χ0) is 15.2. The fraction of sp³-hybridized carbons (Fsp3) is 0.333. The molecule has 0 radical (unpaired) electrons. The van der Waals surface area contributed by atoms with Crippen LogP contribution in [0.4, 0.5) is 0 Å². The van der Waals surface area contributed by atoms with Gasteiger partial charge in [0.15, 0.2) is 0 Å². The summed E-state index contributed by atoms with van der Waals surface area (Å²) in [5.74, 6) is 1.04. The van der Waals surface area contributed by atoms with Crippen LogP contribution >= 0.6 is 0 Å². The monoisotopic (exact) mass is 289 g/mol. The number of aryl methyl sites for hydroxylation is 2. The molecule has 0 fully saturated rings. The van der Waals surface area contributed by atoms with E-state index in [2.05, 4.69) is 10.5 Å². The number of para-hydroxylation sites is 1. The number of ether oxygens (including phenoxy) is 1. The predicted octanol–water partition coefficient (Wildman–Crippen LogP) is 1.56. The summed E-state index contributed by atoms with van der Waals surface area (Å²) < 4.78 is 10.8. The molecule has 0 aliphatic heterocycles. The summed E-state index contributed by atoms with van der Waals surface area (Å²) in [4.78, 5) is 12.0. The maximum absolute atomic E-state index is 12.0. The van der Waals surface area contributed by atoms with Crippen LogP contribution in [0.3, 0.4) is 0 Å². The van der Waals surface area contributed by atoms with Crippen molar-refractivity contribution >= 4 is 5.91 Å². The summed E-state index contributed by atoms with van der Waals surface area (Å²) in [5.41, 5.74) is 7.55. The predicted molar refractivity (Wildman–Crippen MR) is 78.1 cm³/mol. The molecule has 2 aromatic rings. The van der Waals surface area contributed by atoms with Gasteiger partial charge in [0.2, 0.25) is 0 Å². The van der Waals surface area contributed by atoms with Gasteiger partial charge in [0, 0.05) is 13.1 Å². The quantitative estimate of drug-likeness (QED) is 0.842. The first-order valence-electron chi connectivity index (χ1n) is 6.75. The molecule has 0 atom stereocenters. The van der Waals surface area contributed by atoms with Gasteiger partial charge in [0.25, 0.3) is 5.91 Å². The van der Waals surface area contributed by atoms with Gasteiger partial charge in [-0.05, 0) is 26.0 Å². The largest absolute Gasteiger partial charge is 0.488 e. The Bertz CT molecular complexity index is 603. The standard InChI is InChI=1S/C15H19N3O3/c1-10-13(11(2)21-18-10)9-20-14-6-4-3-5-12(14)15(19)17-8-7-16/h3-6H,7-9,16H2,1-2H3,(H,17,19). The van der Waals surface area contributed by atoms with Crippen LogP contribution in [0.25, 0.3) is 0 Å². The lowest BCUT2D eigenvalue weighted by molar-refractivity contribution is 0.0950. The molecule has 0 aliphatic rings. The van der Waals surface area contributed by atoms with Crippen LogP contribution in [-0.4, -0.2) is 24.2 Å². The smallest absolute Gasteiger partial charge is 0.255 e. The third kappa shape index (κ3) is 3.61. The highest BCUT2D eigenvalue weighted by atomic mass is 16.5. The van der Waals surface area contributed by atoms with Crippen molar-refractivity contribution < 1.29 is 14.1 Å². The molecule has 6 nitrogen and oxygen atoms in total. The molecule has 0 aliphatic carbocycles. The summed E-state index contributed by atoms with van der Waals surface area (Å²) in [5, 5.41) is 6.61. The van der Waals surface area contributed by atoms with Crippen LogP contribution < -0.4 is 15.8 Å². The van der Waals surface area contributed by atoms with Crippen molar-refractivity contribution in [2.45, 2.75) is 20.5 Å². The van der Waals surface area contributed by atoms with Crippen molar-refractivity contribution in [2.75, 3.05) is 13.1 Å². The molecule has 0 saturated carbocycles. The molecule has 21 heavy (non-hydrogen) atoms. The highest BCUT2D eigenvalue weighted by Gasteiger charge is 2.14. The van der Waals surface area contributed by atoms with Crippen LogP contribution in [0.1, 0.15) is 27.4 Å². The van der Waals surface area contributed by atoms with Crippen molar-refractivity contribution in [3.63, 3.8) is 0 Å². The molecule has 6 heteroatoms. The second kappa shape index (κ2) is 6.90. The number of hydrogen-bond donors (Lipinski definition) is 2. The van der Waals surface area contributed by atoms with E-state index < -0.39 is 0 Å². The Labute approximate surface area is 123 Å². The Morgan fingerprint density at radius 3 is 2.81 bits per heavy atom. The highest BCUT2D eigenvalue weighted by molar-refractivity contribution is 5.96. The number of carbonyl (C=O) groups excluding carboxylic acids is 1. The first kappa shape index (κ1) is 15.1. The lowest BCUT2D eigenvalue weighted by Gasteiger charge is -2.11. The van der Waals surface area contributed by atoms with Gasteiger partial charge in [0.05, 0.1) is 16.8 Å². The minimum atomic E-state index is -0.199. The maximum atomic E-state index is 12.0. The van der Waals surface area contributed by atoms with Gasteiger partial charge >= 0.3 is 0 Å². The molecule has 1 aromatic heterocycles. The van der Waals surface area contributed by atoms with Crippen LogP contribution in [0.2, 0.25) is 0 Å². The van der Waals surface area contributed by atoms with Crippen molar-refractivity contribution in [3.8, 4) is 5.75 Å². The van der Waals surface area contributed by atoms with Crippen LogP contribution in [-0.2, 0) is 6.61 Å². The summed E-state index contributed by atoms with van der Waals surface area (Å²) >= 11 is 0. The van der Waals surface area contributed by atoms with E-state index in [0.29, 0.717) is 31.0 Å². The van der Waals surface area contributed by atoms with Crippen LogP contribution in [0, 0.1) is 13.8 Å². The minimum absolute atomic E-state index is 0.199. The van der Waals surface area contributed by atoms with E-state index >= 15 is 0 Å². The van der Waals surface area contributed by atoms with Crippen LogP contribution in [0.15, 0.2) is 28.8 Å². The zero-order valence-electron chi connectivity index (χ0n) is 12.2. The molecule has 1 aromatic carbocycles. The number of nitrogens with zero attached hydrogens (tertiary/aromatic N) is 1. The van der Waals surface area contributed by atoms with Gasteiger partial charge in [0.1, 0.15) is 18.1 Å². The number of rotatable bonds is 6. The molecule has 0 unspecified atom stereocenters. The van der Waals surface area contributed by atoms with Gasteiger partial charge < -0.3 is 20.3 Å². The Hall–Kier alpha value is -2.34. The fourth-order valence-corrected chi connectivity index (χ4v) is 1.92. The molecule has 0 saturated heterocycles. The second-order valence-corrected chi connectivity index (χ2v) is 4.63. The number of benzene rings is 1. The third-order valence-corrected chi connectivity index (χ3v) is 3.11. The Morgan fingerprint density at radius 1 is 1.38 bits per heavy atom. The number of carbonyl (C=O) groups is 1. The fourth-order valence-electron chi connectivity index (χ4n) is 1.92. The molecule has 0 spiro atoms. The number of hydrogen-bond acceptors (Lipinski definition) is 5. The summed E-state index contributed by atoms with van der Waals surface area (Å²) in [6.45, 7) is 4.82. The molecule has 1 heterocycles. The number of nitrogens with one attached hydrogen (secondary N) is 1. The third-order valence-electron chi connectivity index (χ3n) is 3.11. The second-order valence-electron chi connectivity index (χ2n) is 4.63. The topological polar surface area (TPSA) is 90.4 Å². The van der Waals surface area contributed by atoms with Gasteiger partial charge in [-0.2, -0.15) is 0 Å². The van der Waals surface area contributed by atoms with Gasteiger partial charge in [-0.25, -0.2) is 0 Å². The van der Waals surface area contributed by atoms with E-state index in [1.807, 2.05) is 19.9 Å². The molecular weight excluding hydrogens is 270 g/mol. The summed E-state index contributed by atoms with van der Waals surface area (Å²) in [6.07, 6.45) is 0. The van der Waals surface area contributed by atoms with Crippen molar-refractivity contribution in [3.05, 3.63) is 46.8 Å². The molecule has 2 rings (SSSR count). The van der Waals surface area contributed by atoms with Gasteiger partial charge in [-0.3, -0.25) is 4.79 Å². The Balaban J connectivity index is 2.12. The lowest BCUT2D eigenvalue weighted by atomic mass is 10.2. The Kier molecular flexibility index (Phi) is 4.94. The van der Waals surface area contributed by atoms with E-state index in [9.17, 15) is 4.79 Å². The average Bonchev–Trinajstić information content (AvgIpc) is 2.82. The molecule has 3 N–H and O–H groups in total. The van der Waals surface area contributed by atoms with Crippen molar-refractivity contribution in [2.24, 2.45) is 5.73 Å². The maximum Gasteiger partial charge on any atom is 0.255 e. The summed E-state index contributed by atoms with van der Waals surface area (Å²) in [6, 6.07) is 7.09.